The lowest BCUT2D eigenvalue weighted by Crippen LogP contribution is -1.99. The summed E-state index contributed by atoms with van der Waals surface area (Å²) in [5.74, 6) is 3.18. The number of nitrogens with zero attached hydrogens (tertiary/aromatic N) is 1. The van der Waals surface area contributed by atoms with Gasteiger partial charge in [0.25, 0.3) is 0 Å². The van der Waals surface area contributed by atoms with Crippen LogP contribution in [0.5, 0.6) is 11.5 Å². The van der Waals surface area contributed by atoms with E-state index in [1.807, 2.05) is 12.1 Å². The summed E-state index contributed by atoms with van der Waals surface area (Å²) in [6.07, 6.45) is 7.83. The van der Waals surface area contributed by atoms with Crippen molar-refractivity contribution in [2.24, 2.45) is 0 Å². The number of nitrogens with one attached hydrogen (secondary N) is 1. The van der Waals surface area contributed by atoms with Crippen LogP contribution in [0.2, 0.25) is 0 Å². The van der Waals surface area contributed by atoms with Crippen LogP contribution in [0, 0.1) is 0 Å². The van der Waals surface area contributed by atoms with Gasteiger partial charge in [0.15, 0.2) is 11.5 Å². The largest absolute Gasteiger partial charge is 0.493 e. The van der Waals surface area contributed by atoms with Crippen LogP contribution >= 0.6 is 0 Å². The molecule has 0 radical (unpaired) electrons. The molecule has 0 aliphatic heterocycles. The first kappa shape index (κ1) is 13.3. The minimum absolute atomic E-state index is 0.571. The number of hydrogen-bond acceptors (Lipinski definition) is 3. The van der Waals surface area contributed by atoms with E-state index in [4.69, 9.17) is 14.5 Å². The molecule has 0 amide bonds. The molecule has 2 aromatic rings. The third-order valence-electron chi connectivity index (χ3n) is 4.25. The van der Waals surface area contributed by atoms with Gasteiger partial charge in [-0.1, -0.05) is 25.7 Å². The molecule has 1 heterocycles. The number of benzene rings is 1. The van der Waals surface area contributed by atoms with E-state index >= 15 is 0 Å². The first-order chi connectivity index (χ1) is 9.81. The van der Waals surface area contributed by atoms with E-state index in [0.29, 0.717) is 5.92 Å². The summed E-state index contributed by atoms with van der Waals surface area (Å²) in [6, 6.07) is 3.92. The number of ether oxygens (including phenoxy) is 2. The lowest BCUT2D eigenvalue weighted by Gasteiger charge is -2.09. The number of methoxy groups -OCH3 is 2. The molecule has 0 saturated heterocycles. The van der Waals surface area contributed by atoms with Crippen molar-refractivity contribution >= 4 is 11.0 Å². The monoisotopic (exact) mass is 274 g/mol. The fraction of sp³-hybridized carbons (Fsp3) is 0.562. The topological polar surface area (TPSA) is 47.1 Å². The fourth-order valence-electron chi connectivity index (χ4n) is 3.10. The van der Waals surface area contributed by atoms with E-state index < -0.39 is 0 Å². The van der Waals surface area contributed by atoms with Gasteiger partial charge in [-0.2, -0.15) is 0 Å². The maximum absolute atomic E-state index is 5.35. The van der Waals surface area contributed by atoms with Crippen LogP contribution in [-0.4, -0.2) is 24.2 Å². The molecule has 1 fully saturated rings. The van der Waals surface area contributed by atoms with Crippen molar-refractivity contribution in [3.05, 3.63) is 18.0 Å². The molecule has 0 atom stereocenters. The number of H-pyrrole nitrogens is 1. The summed E-state index contributed by atoms with van der Waals surface area (Å²) in [5, 5.41) is 0. The Labute approximate surface area is 119 Å². The van der Waals surface area contributed by atoms with E-state index in [1.165, 1.54) is 38.5 Å². The van der Waals surface area contributed by atoms with Crippen LogP contribution in [0.15, 0.2) is 12.1 Å². The van der Waals surface area contributed by atoms with E-state index in [-0.39, 0.29) is 0 Å². The molecule has 4 nitrogen and oxygen atoms in total. The summed E-state index contributed by atoms with van der Waals surface area (Å²) >= 11 is 0. The minimum atomic E-state index is 0.571. The van der Waals surface area contributed by atoms with E-state index in [2.05, 4.69) is 4.98 Å². The Morgan fingerprint density at radius 1 is 1.00 bits per heavy atom. The summed E-state index contributed by atoms with van der Waals surface area (Å²) in [6.45, 7) is 0. The standard InChI is InChI=1S/C16H22N2O2/c1-19-14-9-12-13(10-15(14)20-2)18-16(17-12)11-7-5-3-4-6-8-11/h9-11H,3-8H2,1-2H3,(H,17,18). The molecular weight excluding hydrogens is 252 g/mol. The SMILES string of the molecule is COc1cc2nc(C3CCCCCC3)[nH]c2cc1OC. The summed E-state index contributed by atoms with van der Waals surface area (Å²) < 4.78 is 10.7. The summed E-state index contributed by atoms with van der Waals surface area (Å²) in [4.78, 5) is 8.24. The maximum Gasteiger partial charge on any atom is 0.163 e. The van der Waals surface area contributed by atoms with Crippen molar-refractivity contribution in [2.75, 3.05) is 14.2 Å². The van der Waals surface area contributed by atoms with Crippen LogP contribution in [0.3, 0.4) is 0 Å². The van der Waals surface area contributed by atoms with Crippen molar-refractivity contribution in [3.8, 4) is 11.5 Å². The highest BCUT2D eigenvalue weighted by Gasteiger charge is 2.18. The van der Waals surface area contributed by atoms with E-state index in [0.717, 1.165) is 28.4 Å². The second kappa shape index (κ2) is 5.73. The Kier molecular flexibility index (Phi) is 3.81. The number of aromatic nitrogens is 2. The van der Waals surface area contributed by atoms with Gasteiger partial charge in [-0.3, -0.25) is 0 Å². The average Bonchev–Trinajstić information content (AvgIpc) is 2.70. The molecule has 3 rings (SSSR count). The molecule has 1 N–H and O–H groups in total. The highest BCUT2D eigenvalue weighted by Crippen LogP contribution is 2.34. The third-order valence-corrected chi connectivity index (χ3v) is 4.25. The second-order valence-electron chi connectivity index (χ2n) is 5.53. The Balaban J connectivity index is 1.96. The van der Waals surface area contributed by atoms with Gasteiger partial charge in [-0.15, -0.1) is 0 Å². The number of aromatic amines is 1. The molecule has 20 heavy (non-hydrogen) atoms. The smallest absolute Gasteiger partial charge is 0.163 e. The van der Waals surface area contributed by atoms with Gasteiger partial charge in [-0.25, -0.2) is 4.98 Å². The first-order valence-electron chi connectivity index (χ1n) is 7.43. The third kappa shape index (κ3) is 2.47. The molecule has 1 aromatic carbocycles. The molecule has 4 heteroatoms. The van der Waals surface area contributed by atoms with E-state index in [1.54, 1.807) is 14.2 Å². The quantitative estimate of drug-likeness (QED) is 0.860. The zero-order valence-electron chi connectivity index (χ0n) is 12.2. The average molecular weight is 274 g/mol. The van der Waals surface area contributed by atoms with Gasteiger partial charge in [0.1, 0.15) is 5.82 Å². The molecule has 1 aliphatic carbocycles. The highest BCUT2D eigenvalue weighted by atomic mass is 16.5. The van der Waals surface area contributed by atoms with Crippen molar-refractivity contribution in [1.82, 2.24) is 9.97 Å². The Bertz CT molecular complexity index is 542. The van der Waals surface area contributed by atoms with Crippen LogP contribution in [0.4, 0.5) is 0 Å². The maximum atomic E-state index is 5.35. The lowest BCUT2D eigenvalue weighted by atomic mass is 10.00. The van der Waals surface area contributed by atoms with Crippen LogP contribution in [0.25, 0.3) is 11.0 Å². The molecule has 1 aliphatic rings. The molecular formula is C16H22N2O2. The van der Waals surface area contributed by atoms with E-state index in [9.17, 15) is 0 Å². The Hall–Kier alpha value is -1.71. The van der Waals surface area contributed by atoms with Gasteiger partial charge in [0.2, 0.25) is 0 Å². The number of rotatable bonds is 3. The summed E-state index contributed by atoms with van der Waals surface area (Å²) in [7, 11) is 3.31. The molecule has 0 unspecified atom stereocenters. The zero-order valence-corrected chi connectivity index (χ0v) is 12.2. The summed E-state index contributed by atoms with van der Waals surface area (Å²) in [5.41, 5.74) is 1.99. The molecule has 0 spiro atoms. The van der Waals surface area contributed by atoms with Crippen molar-refractivity contribution in [1.29, 1.82) is 0 Å². The van der Waals surface area contributed by atoms with Gasteiger partial charge in [-0.05, 0) is 12.8 Å². The van der Waals surface area contributed by atoms with Gasteiger partial charge >= 0.3 is 0 Å². The highest BCUT2D eigenvalue weighted by molar-refractivity contribution is 5.79. The zero-order chi connectivity index (χ0) is 13.9. The number of fused-ring (bicyclic) bond motifs is 1. The molecule has 108 valence electrons. The predicted molar refractivity (Wildman–Crippen MR) is 79.6 cm³/mol. The first-order valence-corrected chi connectivity index (χ1v) is 7.43. The normalized spacial score (nSPS) is 17.1. The lowest BCUT2D eigenvalue weighted by molar-refractivity contribution is 0.356. The fourth-order valence-corrected chi connectivity index (χ4v) is 3.10. The van der Waals surface area contributed by atoms with Crippen LogP contribution < -0.4 is 9.47 Å². The Morgan fingerprint density at radius 2 is 1.65 bits per heavy atom. The minimum Gasteiger partial charge on any atom is -0.493 e. The molecule has 0 bridgehead atoms. The second-order valence-corrected chi connectivity index (χ2v) is 5.53. The van der Waals surface area contributed by atoms with Crippen molar-refractivity contribution in [3.63, 3.8) is 0 Å². The van der Waals surface area contributed by atoms with Crippen molar-refractivity contribution in [2.45, 2.75) is 44.4 Å². The molecule has 1 aromatic heterocycles. The van der Waals surface area contributed by atoms with Crippen molar-refractivity contribution < 1.29 is 9.47 Å². The number of hydrogen-bond donors (Lipinski definition) is 1. The van der Waals surface area contributed by atoms with Crippen LogP contribution in [-0.2, 0) is 0 Å². The van der Waals surface area contributed by atoms with Gasteiger partial charge < -0.3 is 14.5 Å². The molecule has 1 saturated carbocycles. The predicted octanol–water partition coefficient (Wildman–Crippen LogP) is 4.02. The number of imidazole rings is 1. The van der Waals surface area contributed by atoms with Crippen LogP contribution in [0.1, 0.15) is 50.3 Å². The van der Waals surface area contributed by atoms with Gasteiger partial charge in [0, 0.05) is 18.1 Å². The Morgan fingerprint density at radius 3 is 2.30 bits per heavy atom. The van der Waals surface area contributed by atoms with Gasteiger partial charge in [0.05, 0.1) is 25.3 Å².